The van der Waals surface area contributed by atoms with Crippen LogP contribution in [0.2, 0.25) is 0 Å². The number of benzene rings is 6. The average molecular weight is 817 g/mol. The first-order valence-electron chi connectivity index (χ1n) is 17.1. The van der Waals surface area contributed by atoms with Gasteiger partial charge < -0.3 is 14.9 Å². The Labute approximate surface area is 341 Å². The summed E-state index contributed by atoms with van der Waals surface area (Å²) in [6, 6.07) is 51.2. The summed E-state index contributed by atoms with van der Waals surface area (Å²) < 4.78 is 0. The van der Waals surface area contributed by atoms with Crippen molar-refractivity contribution in [1.82, 2.24) is 0 Å². The fourth-order valence-corrected chi connectivity index (χ4v) is 7.07. The number of fused-ring (bicyclic) bond motifs is 4. The van der Waals surface area contributed by atoms with Crippen LogP contribution >= 0.6 is 24.8 Å². The molecule has 0 aliphatic carbocycles. The van der Waals surface area contributed by atoms with Gasteiger partial charge in [-0.2, -0.15) is 12.1 Å². The first kappa shape index (κ1) is 44.9. The van der Waals surface area contributed by atoms with Gasteiger partial charge in [-0.3, -0.25) is 0 Å². The monoisotopic (exact) mass is 814 g/mol. The van der Waals surface area contributed by atoms with Crippen LogP contribution < -0.4 is 0 Å². The average Bonchev–Trinajstić information content (AvgIpc) is 3.75. The molecule has 0 aliphatic heterocycles. The maximum absolute atomic E-state index is 3.06. The van der Waals surface area contributed by atoms with Crippen LogP contribution in [0.1, 0.15) is 56.2 Å². The maximum atomic E-state index is 3.06. The zero-order chi connectivity index (χ0) is 33.6. The van der Waals surface area contributed by atoms with Crippen LogP contribution in [0.5, 0.6) is 0 Å². The first-order chi connectivity index (χ1) is 23.5. The fraction of sp³-hybridized carbons (Fsp3) is 0.167. The van der Waals surface area contributed by atoms with Crippen molar-refractivity contribution in [3.63, 3.8) is 0 Å². The predicted octanol–water partition coefficient (Wildman–Crippen LogP) is 14.9. The molecule has 8 rings (SSSR count). The zero-order valence-corrected chi connectivity index (χ0v) is 36.4. The van der Waals surface area contributed by atoms with Crippen molar-refractivity contribution in [1.29, 1.82) is 0 Å². The van der Waals surface area contributed by atoms with Gasteiger partial charge in [0.05, 0.1) is 0 Å². The Morgan fingerprint density at radius 3 is 1.63 bits per heavy atom. The van der Waals surface area contributed by atoms with Crippen molar-refractivity contribution in [3.8, 4) is 22.3 Å². The number of aryl methyl sites for hydroxylation is 2. The molecule has 52 heavy (non-hydrogen) atoms. The number of halogens is 2. The van der Waals surface area contributed by atoms with Crippen LogP contribution in [0, 0.1) is 21.8 Å². The molecule has 0 saturated carbocycles. The van der Waals surface area contributed by atoms with Gasteiger partial charge >= 0.3 is 30.2 Å². The van der Waals surface area contributed by atoms with Gasteiger partial charge in [0.2, 0.25) is 0 Å². The molecule has 2 radical (unpaired) electrons. The molecule has 0 aliphatic rings. The quantitative estimate of drug-likeness (QED) is 0.116. The molecule has 8 aromatic rings. The normalized spacial score (nSPS) is 10.2. The molecule has 0 atom stereocenters. The van der Waals surface area contributed by atoms with Gasteiger partial charge in [-0.05, 0) is 38.6 Å². The van der Waals surface area contributed by atoms with Crippen molar-refractivity contribution in [2.45, 2.75) is 52.9 Å². The van der Waals surface area contributed by atoms with Crippen molar-refractivity contribution < 1.29 is 23.3 Å². The van der Waals surface area contributed by atoms with Crippen LogP contribution in [-0.2, 0) is 29.8 Å². The first-order valence-corrected chi connectivity index (χ1v) is 21.3. The van der Waals surface area contributed by atoms with E-state index >= 15 is 0 Å². The number of hydrogen-bond donors (Lipinski definition) is 0. The number of hydrogen-bond acceptors (Lipinski definition) is 0. The Balaban J connectivity index is 0.000000321. The van der Waals surface area contributed by atoms with Gasteiger partial charge in [0.25, 0.3) is 0 Å². The van der Waals surface area contributed by atoms with Gasteiger partial charge in [-0.25, -0.2) is 0 Å². The van der Waals surface area contributed by atoms with Crippen LogP contribution in [0.25, 0.3) is 65.3 Å². The fourth-order valence-electron chi connectivity index (χ4n) is 7.07. The molecule has 268 valence electrons. The van der Waals surface area contributed by atoms with Gasteiger partial charge in [-0.15, -0.1) is 93.4 Å². The molecule has 0 fully saturated rings. The van der Waals surface area contributed by atoms with Crippen LogP contribution in [0.4, 0.5) is 0 Å². The van der Waals surface area contributed by atoms with Crippen LogP contribution in [0.15, 0.2) is 140 Å². The second-order valence-electron chi connectivity index (χ2n) is 13.0. The van der Waals surface area contributed by atoms with E-state index in [9.17, 15) is 0 Å². The van der Waals surface area contributed by atoms with E-state index in [0.29, 0.717) is 5.92 Å². The zero-order valence-electron chi connectivity index (χ0n) is 31.3. The third-order valence-corrected chi connectivity index (χ3v) is 9.52. The second-order valence-corrected chi connectivity index (χ2v) is 13.0. The molecule has 0 heterocycles. The predicted molar refractivity (Wildman–Crippen MR) is 235 cm³/mol. The molecule has 0 amide bonds. The molecule has 0 unspecified atom stereocenters. The van der Waals surface area contributed by atoms with Crippen molar-refractivity contribution in [2.75, 3.05) is 0 Å². The minimum absolute atomic E-state index is 0. The Morgan fingerprint density at radius 1 is 0.577 bits per heavy atom. The molecule has 0 N–H and O–H groups in total. The minimum atomic E-state index is 0. The molecule has 0 saturated heterocycles. The number of unbranched alkanes of at least 4 members (excludes halogenated alkanes) is 1. The van der Waals surface area contributed by atoms with Gasteiger partial charge in [-0.1, -0.05) is 155 Å². The van der Waals surface area contributed by atoms with E-state index in [2.05, 4.69) is 174 Å². The summed E-state index contributed by atoms with van der Waals surface area (Å²) in [5.74, 6) is 0.563. The van der Waals surface area contributed by atoms with E-state index < -0.39 is 0 Å². The summed E-state index contributed by atoms with van der Waals surface area (Å²) >= 11 is 1.36. The van der Waals surface area contributed by atoms with Crippen molar-refractivity contribution >= 4 is 74.8 Å². The van der Waals surface area contributed by atoms with E-state index in [1.54, 1.807) is 0 Å². The summed E-state index contributed by atoms with van der Waals surface area (Å²) in [6.07, 6.45) is 3.67. The topological polar surface area (TPSA) is 0 Å². The SMILES string of the molecule is CC(C)c1cc2c(-c3cccc4ccccc34)cccc2[cH-]1.CCCCc1ccc(-c2cccc3ccccc23)c2cc(C)[cH-]c12.Cl.Cl.[CH3-].[CH3-].[Si]=[Zr]. The molecule has 4 heteroatoms. The van der Waals surface area contributed by atoms with Crippen LogP contribution in [0.3, 0.4) is 0 Å². The van der Waals surface area contributed by atoms with Gasteiger partial charge in [0.1, 0.15) is 0 Å². The van der Waals surface area contributed by atoms with Crippen molar-refractivity contribution in [3.05, 3.63) is 171 Å². The standard InChI is InChI=1S/C24H23.C22H19.2CH3.2ClH.Si.Zr/c1-3-4-8-19-13-14-22(24-16-17(2)15-23(19)24)21-12-7-10-18-9-5-6-11-20(18)21;1-15(2)18-13-17-9-6-12-21(22(17)14-18)20-11-5-8-16-7-3-4-10-19(16)20;;;;;;/h5-7,9-16H,3-4,8H2,1-2H3;3-15H,1-2H3;2*1H3;2*1H;;/q4*-1;;;;. The molecular formula is C48H50Cl2SiZr-4. The van der Waals surface area contributed by atoms with E-state index in [4.69, 9.17) is 0 Å². The summed E-state index contributed by atoms with van der Waals surface area (Å²) in [4.78, 5) is 0. The molecule has 8 aromatic carbocycles. The second kappa shape index (κ2) is 20.8. The van der Waals surface area contributed by atoms with E-state index in [1.807, 2.05) is 0 Å². The van der Waals surface area contributed by atoms with Gasteiger partial charge in [0, 0.05) is 0 Å². The molecule has 0 spiro atoms. The molecule has 0 aromatic heterocycles. The van der Waals surface area contributed by atoms with Gasteiger partial charge in [0.15, 0.2) is 0 Å². The summed E-state index contributed by atoms with van der Waals surface area (Å²) in [6.45, 7) is 12.0. The van der Waals surface area contributed by atoms with E-state index in [0.717, 1.165) is 0 Å². The molecule has 0 bridgehead atoms. The third-order valence-electron chi connectivity index (χ3n) is 9.52. The Hall–Kier alpha value is -3.26. The van der Waals surface area contributed by atoms with Crippen molar-refractivity contribution in [2.24, 2.45) is 0 Å². The van der Waals surface area contributed by atoms with E-state index in [1.165, 1.54) is 125 Å². The number of rotatable bonds is 6. The molecule has 0 nitrogen and oxygen atoms in total. The Bertz CT molecular complexity index is 2320. The summed E-state index contributed by atoms with van der Waals surface area (Å²) in [7, 11) is 0. The summed E-state index contributed by atoms with van der Waals surface area (Å²) in [5.41, 5.74) is 9.62. The third kappa shape index (κ3) is 9.45. The molecular weight excluding hydrogens is 767 g/mol. The van der Waals surface area contributed by atoms with Crippen LogP contribution in [-0.4, -0.2) is 6.88 Å². The Morgan fingerprint density at radius 2 is 1.08 bits per heavy atom. The summed E-state index contributed by atoms with van der Waals surface area (Å²) in [5, 5.41) is 10.8. The van der Waals surface area contributed by atoms with E-state index in [-0.39, 0.29) is 39.7 Å². The Kier molecular flexibility index (Phi) is 18.0.